The molecule has 0 radical (unpaired) electrons. The summed E-state index contributed by atoms with van der Waals surface area (Å²) in [6.07, 6.45) is 0.429. The first-order valence-corrected chi connectivity index (χ1v) is 8.55. The van der Waals surface area contributed by atoms with E-state index in [-0.39, 0.29) is 40.9 Å². The molecular weight excluding hydrogens is 330 g/mol. The highest BCUT2D eigenvalue weighted by atomic mass is 19.3. The molecule has 6 nitrogen and oxygen atoms in total. The van der Waals surface area contributed by atoms with E-state index in [4.69, 9.17) is 4.74 Å². The molecule has 0 bridgehead atoms. The number of nitrogens with zero attached hydrogens (tertiary/aromatic N) is 4. The predicted octanol–water partition coefficient (Wildman–Crippen LogP) is 2.79. The van der Waals surface area contributed by atoms with Crippen LogP contribution in [-0.4, -0.2) is 50.7 Å². The van der Waals surface area contributed by atoms with Gasteiger partial charge in [0.05, 0.1) is 18.4 Å². The van der Waals surface area contributed by atoms with Crippen LogP contribution in [0.4, 0.5) is 8.78 Å². The van der Waals surface area contributed by atoms with Crippen LogP contribution in [0.2, 0.25) is 0 Å². The van der Waals surface area contributed by atoms with Crippen molar-refractivity contribution in [1.82, 2.24) is 19.5 Å². The molecule has 3 heterocycles. The number of halogens is 2. The number of carbonyl (C=O) groups excluding carboxylic acids is 1. The molecule has 1 saturated heterocycles. The fourth-order valence-corrected chi connectivity index (χ4v) is 3.41. The number of rotatable bonds is 3. The highest BCUT2D eigenvalue weighted by molar-refractivity contribution is 5.99. The zero-order valence-electron chi connectivity index (χ0n) is 14.2. The maximum atomic E-state index is 13.4. The molecule has 1 aliphatic heterocycles. The molecule has 2 fully saturated rings. The molecule has 2 aromatic heterocycles. The zero-order chi connectivity index (χ0) is 17.7. The van der Waals surface area contributed by atoms with Crippen molar-refractivity contribution in [1.29, 1.82) is 0 Å². The number of hydrogen-bond acceptors (Lipinski definition) is 4. The number of hydrogen-bond donors (Lipinski definition) is 0. The molecule has 2 atom stereocenters. The minimum Gasteiger partial charge on any atom is -0.372 e. The third-order valence-electron chi connectivity index (χ3n) is 4.68. The van der Waals surface area contributed by atoms with Crippen molar-refractivity contribution < 1.29 is 18.3 Å². The average molecular weight is 350 g/mol. The van der Waals surface area contributed by atoms with Crippen LogP contribution in [0.5, 0.6) is 0 Å². The summed E-state index contributed by atoms with van der Waals surface area (Å²) in [6.45, 7) is 4.74. The molecule has 0 aromatic carbocycles. The molecule has 0 N–H and O–H groups in total. The summed E-state index contributed by atoms with van der Waals surface area (Å²) in [5.41, 5.74) is 0.901. The summed E-state index contributed by atoms with van der Waals surface area (Å²) < 4.78 is 33.6. The van der Waals surface area contributed by atoms with E-state index in [0.717, 1.165) is 17.4 Å². The molecule has 0 spiro atoms. The van der Waals surface area contributed by atoms with Crippen LogP contribution < -0.4 is 0 Å². The quantitative estimate of drug-likeness (QED) is 0.854. The second-order valence-electron chi connectivity index (χ2n) is 6.94. The summed E-state index contributed by atoms with van der Waals surface area (Å²) in [5, 5.41) is 4.01. The van der Waals surface area contributed by atoms with Gasteiger partial charge in [0, 0.05) is 24.7 Å². The zero-order valence-corrected chi connectivity index (χ0v) is 14.2. The molecule has 134 valence electrons. The predicted molar refractivity (Wildman–Crippen MR) is 85.8 cm³/mol. The number of fused-ring (bicyclic) bond motifs is 1. The molecule has 2 aromatic rings. The molecule has 0 unspecified atom stereocenters. The van der Waals surface area contributed by atoms with Gasteiger partial charge in [0.25, 0.3) is 12.3 Å². The Morgan fingerprint density at radius 2 is 1.96 bits per heavy atom. The summed E-state index contributed by atoms with van der Waals surface area (Å²) in [7, 11) is 0. The number of amides is 1. The van der Waals surface area contributed by atoms with Crippen LogP contribution in [0.15, 0.2) is 12.3 Å². The van der Waals surface area contributed by atoms with Gasteiger partial charge in [-0.1, -0.05) is 0 Å². The van der Waals surface area contributed by atoms with Crippen LogP contribution in [0.1, 0.15) is 60.8 Å². The number of alkyl halides is 2. The van der Waals surface area contributed by atoms with Gasteiger partial charge in [0.2, 0.25) is 0 Å². The Balaban J connectivity index is 1.75. The van der Waals surface area contributed by atoms with Crippen LogP contribution in [0.25, 0.3) is 5.65 Å². The SMILES string of the molecule is C[C@@H]1CN(C(=O)c2cnn3c(C(F)F)cc(C4CC4)nc23)C[C@@H](C)O1. The molecular formula is C17H20F2N4O2. The monoisotopic (exact) mass is 350 g/mol. The van der Waals surface area contributed by atoms with E-state index in [1.807, 2.05) is 13.8 Å². The van der Waals surface area contributed by atoms with Gasteiger partial charge in [-0.3, -0.25) is 4.79 Å². The van der Waals surface area contributed by atoms with Crippen molar-refractivity contribution in [2.75, 3.05) is 13.1 Å². The number of ether oxygens (including phenoxy) is 1. The summed E-state index contributed by atoms with van der Waals surface area (Å²) in [5.74, 6) is -0.0264. The van der Waals surface area contributed by atoms with E-state index in [9.17, 15) is 13.6 Å². The van der Waals surface area contributed by atoms with Gasteiger partial charge >= 0.3 is 0 Å². The number of aromatic nitrogens is 3. The normalized spacial score (nSPS) is 24.3. The van der Waals surface area contributed by atoms with Crippen molar-refractivity contribution in [3.8, 4) is 0 Å². The molecule has 1 aliphatic carbocycles. The molecule has 25 heavy (non-hydrogen) atoms. The van der Waals surface area contributed by atoms with E-state index in [1.54, 1.807) is 4.90 Å². The smallest absolute Gasteiger partial charge is 0.280 e. The maximum Gasteiger partial charge on any atom is 0.280 e. The van der Waals surface area contributed by atoms with Crippen molar-refractivity contribution in [2.24, 2.45) is 0 Å². The Morgan fingerprint density at radius 3 is 2.56 bits per heavy atom. The minimum atomic E-state index is -2.67. The average Bonchev–Trinajstić information content (AvgIpc) is 3.32. The first-order valence-electron chi connectivity index (χ1n) is 8.55. The Kier molecular flexibility index (Phi) is 3.94. The Morgan fingerprint density at radius 1 is 1.28 bits per heavy atom. The van der Waals surface area contributed by atoms with Crippen molar-refractivity contribution in [3.05, 3.63) is 29.2 Å². The first-order chi connectivity index (χ1) is 11.9. The third-order valence-corrected chi connectivity index (χ3v) is 4.68. The molecule has 8 heteroatoms. The topological polar surface area (TPSA) is 59.7 Å². The second-order valence-corrected chi connectivity index (χ2v) is 6.94. The fourth-order valence-electron chi connectivity index (χ4n) is 3.41. The lowest BCUT2D eigenvalue weighted by atomic mass is 10.2. The summed E-state index contributed by atoms with van der Waals surface area (Å²) in [4.78, 5) is 19.1. The van der Waals surface area contributed by atoms with Gasteiger partial charge in [0.15, 0.2) is 5.65 Å². The third kappa shape index (κ3) is 2.99. The van der Waals surface area contributed by atoms with Crippen molar-refractivity contribution in [2.45, 2.75) is 51.2 Å². The minimum absolute atomic E-state index is 0.0684. The molecule has 2 aliphatic rings. The highest BCUT2D eigenvalue weighted by Crippen LogP contribution is 2.40. The van der Waals surface area contributed by atoms with Crippen LogP contribution in [0.3, 0.4) is 0 Å². The van der Waals surface area contributed by atoms with Gasteiger partial charge < -0.3 is 9.64 Å². The van der Waals surface area contributed by atoms with E-state index in [1.165, 1.54) is 12.3 Å². The second kappa shape index (κ2) is 6.01. The maximum absolute atomic E-state index is 13.4. The van der Waals surface area contributed by atoms with Gasteiger partial charge in [-0.15, -0.1) is 0 Å². The molecule has 4 rings (SSSR count). The van der Waals surface area contributed by atoms with Gasteiger partial charge in [-0.05, 0) is 32.8 Å². The van der Waals surface area contributed by atoms with E-state index >= 15 is 0 Å². The fraction of sp³-hybridized carbons (Fsp3) is 0.588. The van der Waals surface area contributed by atoms with Crippen molar-refractivity contribution >= 4 is 11.6 Å². The van der Waals surface area contributed by atoms with Gasteiger partial charge in [-0.25, -0.2) is 18.3 Å². The van der Waals surface area contributed by atoms with E-state index in [0.29, 0.717) is 18.8 Å². The largest absolute Gasteiger partial charge is 0.372 e. The van der Waals surface area contributed by atoms with Gasteiger partial charge in [-0.2, -0.15) is 5.10 Å². The standard InChI is InChI=1S/C17H20F2N4O2/c1-9-7-22(8-10(2)25-9)17(24)12-6-20-23-14(15(18)19)5-13(11-3-4-11)21-16(12)23/h5-6,9-11,15H,3-4,7-8H2,1-2H3/t9-,10-/m1/s1. The van der Waals surface area contributed by atoms with Crippen molar-refractivity contribution in [3.63, 3.8) is 0 Å². The molecule has 1 amide bonds. The van der Waals surface area contributed by atoms with Crippen LogP contribution in [-0.2, 0) is 4.74 Å². The van der Waals surface area contributed by atoms with Crippen LogP contribution in [0, 0.1) is 0 Å². The van der Waals surface area contributed by atoms with Gasteiger partial charge in [0.1, 0.15) is 11.3 Å². The van der Waals surface area contributed by atoms with E-state index in [2.05, 4.69) is 10.1 Å². The lowest BCUT2D eigenvalue weighted by Gasteiger charge is -2.35. The number of morpholine rings is 1. The summed E-state index contributed by atoms with van der Waals surface area (Å²) >= 11 is 0. The van der Waals surface area contributed by atoms with E-state index < -0.39 is 6.43 Å². The number of carbonyl (C=O) groups is 1. The Bertz CT molecular complexity index is 808. The Hall–Kier alpha value is -2.09. The highest BCUT2D eigenvalue weighted by Gasteiger charge is 2.32. The van der Waals surface area contributed by atoms with Crippen LogP contribution >= 0.6 is 0 Å². The summed E-state index contributed by atoms with van der Waals surface area (Å²) in [6, 6.07) is 1.41. The Labute approximate surface area is 143 Å². The molecule has 1 saturated carbocycles. The first kappa shape index (κ1) is 16.4. The lowest BCUT2D eigenvalue weighted by Crippen LogP contribution is -2.48. The lowest BCUT2D eigenvalue weighted by molar-refractivity contribution is -0.0585.